The lowest BCUT2D eigenvalue weighted by molar-refractivity contribution is -0.141. The Kier molecular flexibility index (Phi) is 8.71. The standard InChI is InChI=1S/C24H32N2O4/c1-6-20(24(28)25-3)26(16-19-10-8-7-9-17(19)2)23(27)14-12-18-11-13-21(29-4)22(15-18)30-5/h7-11,13,15,20H,6,12,14,16H2,1-5H3,(H,25,28). The summed E-state index contributed by atoms with van der Waals surface area (Å²) < 4.78 is 10.6. The van der Waals surface area contributed by atoms with Crippen molar-refractivity contribution >= 4 is 11.8 Å². The topological polar surface area (TPSA) is 67.9 Å². The lowest BCUT2D eigenvalue weighted by atomic mass is 10.0. The van der Waals surface area contributed by atoms with E-state index in [0.29, 0.717) is 37.3 Å². The van der Waals surface area contributed by atoms with Gasteiger partial charge in [0.25, 0.3) is 0 Å². The van der Waals surface area contributed by atoms with Crippen molar-refractivity contribution < 1.29 is 19.1 Å². The van der Waals surface area contributed by atoms with E-state index in [-0.39, 0.29) is 11.8 Å². The monoisotopic (exact) mass is 412 g/mol. The van der Waals surface area contributed by atoms with Crippen molar-refractivity contribution in [3.63, 3.8) is 0 Å². The molecule has 0 bridgehead atoms. The van der Waals surface area contributed by atoms with Crippen LogP contribution in [0.2, 0.25) is 0 Å². The van der Waals surface area contributed by atoms with Crippen molar-refractivity contribution in [1.29, 1.82) is 0 Å². The largest absolute Gasteiger partial charge is 0.493 e. The highest BCUT2D eigenvalue weighted by molar-refractivity contribution is 5.87. The summed E-state index contributed by atoms with van der Waals surface area (Å²) >= 11 is 0. The molecule has 0 aliphatic carbocycles. The predicted molar refractivity (Wildman–Crippen MR) is 118 cm³/mol. The molecule has 0 radical (unpaired) electrons. The number of methoxy groups -OCH3 is 2. The molecule has 1 unspecified atom stereocenters. The van der Waals surface area contributed by atoms with Crippen LogP contribution in [0.5, 0.6) is 11.5 Å². The maximum Gasteiger partial charge on any atom is 0.242 e. The zero-order valence-corrected chi connectivity index (χ0v) is 18.5. The first-order valence-electron chi connectivity index (χ1n) is 10.2. The van der Waals surface area contributed by atoms with Gasteiger partial charge in [-0.1, -0.05) is 37.3 Å². The van der Waals surface area contributed by atoms with Gasteiger partial charge < -0.3 is 19.7 Å². The average molecular weight is 413 g/mol. The van der Waals surface area contributed by atoms with E-state index >= 15 is 0 Å². The minimum atomic E-state index is -0.507. The molecule has 2 amide bonds. The molecule has 2 aromatic carbocycles. The van der Waals surface area contributed by atoms with E-state index < -0.39 is 6.04 Å². The van der Waals surface area contributed by atoms with E-state index in [0.717, 1.165) is 16.7 Å². The first-order valence-corrected chi connectivity index (χ1v) is 10.2. The predicted octanol–water partition coefficient (Wildman–Crippen LogP) is 3.50. The summed E-state index contributed by atoms with van der Waals surface area (Å²) in [6.45, 7) is 4.35. The van der Waals surface area contributed by atoms with Gasteiger partial charge in [-0.05, 0) is 48.6 Å². The van der Waals surface area contributed by atoms with Crippen LogP contribution in [0.15, 0.2) is 42.5 Å². The van der Waals surface area contributed by atoms with Crippen LogP contribution in [-0.4, -0.2) is 44.0 Å². The summed E-state index contributed by atoms with van der Waals surface area (Å²) in [6.07, 6.45) is 1.40. The fraction of sp³-hybridized carbons (Fsp3) is 0.417. The van der Waals surface area contributed by atoms with E-state index in [9.17, 15) is 9.59 Å². The van der Waals surface area contributed by atoms with Gasteiger partial charge in [0, 0.05) is 20.0 Å². The van der Waals surface area contributed by atoms with Gasteiger partial charge in [-0.2, -0.15) is 0 Å². The fourth-order valence-electron chi connectivity index (χ4n) is 3.49. The van der Waals surface area contributed by atoms with E-state index in [2.05, 4.69) is 5.32 Å². The second-order valence-electron chi connectivity index (χ2n) is 7.18. The van der Waals surface area contributed by atoms with Gasteiger partial charge in [-0.3, -0.25) is 9.59 Å². The van der Waals surface area contributed by atoms with Crippen LogP contribution in [0.1, 0.15) is 36.5 Å². The third-order valence-electron chi connectivity index (χ3n) is 5.31. The molecule has 30 heavy (non-hydrogen) atoms. The highest BCUT2D eigenvalue weighted by atomic mass is 16.5. The number of hydrogen-bond donors (Lipinski definition) is 1. The van der Waals surface area contributed by atoms with E-state index in [4.69, 9.17) is 9.47 Å². The summed E-state index contributed by atoms with van der Waals surface area (Å²) in [5.74, 6) is 1.09. The normalized spacial score (nSPS) is 11.5. The third-order valence-corrected chi connectivity index (χ3v) is 5.31. The highest BCUT2D eigenvalue weighted by Crippen LogP contribution is 2.28. The third kappa shape index (κ3) is 5.75. The molecule has 2 aromatic rings. The van der Waals surface area contributed by atoms with Crippen LogP contribution >= 0.6 is 0 Å². The molecule has 0 spiro atoms. The van der Waals surface area contributed by atoms with Crippen LogP contribution in [0.3, 0.4) is 0 Å². The van der Waals surface area contributed by atoms with Crippen molar-refractivity contribution in [3.05, 3.63) is 59.2 Å². The molecule has 2 rings (SSSR count). The van der Waals surface area contributed by atoms with Crippen LogP contribution < -0.4 is 14.8 Å². The molecule has 1 atom stereocenters. The molecule has 0 heterocycles. The minimum Gasteiger partial charge on any atom is -0.493 e. The fourth-order valence-corrected chi connectivity index (χ4v) is 3.49. The molecule has 0 aliphatic heterocycles. The Labute approximate surface area is 179 Å². The first-order chi connectivity index (χ1) is 14.4. The molecule has 6 nitrogen and oxygen atoms in total. The smallest absolute Gasteiger partial charge is 0.242 e. The van der Waals surface area contributed by atoms with Crippen molar-refractivity contribution in [1.82, 2.24) is 10.2 Å². The van der Waals surface area contributed by atoms with Crippen molar-refractivity contribution in [3.8, 4) is 11.5 Å². The minimum absolute atomic E-state index is 0.0523. The number of aryl methyl sites for hydroxylation is 2. The van der Waals surface area contributed by atoms with E-state index in [1.54, 1.807) is 26.2 Å². The quantitative estimate of drug-likeness (QED) is 0.649. The molecular formula is C24H32N2O4. The Hall–Kier alpha value is -3.02. The lowest BCUT2D eigenvalue weighted by Crippen LogP contribution is -2.48. The van der Waals surface area contributed by atoms with E-state index in [1.807, 2.05) is 56.3 Å². The summed E-state index contributed by atoms with van der Waals surface area (Å²) in [4.78, 5) is 27.4. The number of carbonyl (C=O) groups is 2. The maximum atomic E-state index is 13.2. The van der Waals surface area contributed by atoms with Gasteiger partial charge in [0.2, 0.25) is 11.8 Å². The van der Waals surface area contributed by atoms with Gasteiger partial charge in [-0.25, -0.2) is 0 Å². The Morgan fingerprint density at radius 3 is 2.37 bits per heavy atom. The van der Waals surface area contributed by atoms with Crippen LogP contribution in [0.25, 0.3) is 0 Å². The number of likely N-dealkylation sites (N-methyl/N-ethyl adjacent to an activating group) is 1. The Bertz CT molecular complexity index is 866. The van der Waals surface area contributed by atoms with Crippen molar-refractivity contribution in [2.45, 2.75) is 45.7 Å². The highest BCUT2D eigenvalue weighted by Gasteiger charge is 2.28. The molecule has 0 aromatic heterocycles. The first kappa shape index (κ1) is 23.3. The summed E-state index contributed by atoms with van der Waals surface area (Å²) in [6, 6.07) is 13.1. The molecule has 1 N–H and O–H groups in total. The average Bonchev–Trinajstić information content (AvgIpc) is 2.77. The maximum absolute atomic E-state index is 13.2. The van der Waals surface area contributed by atoms with Crippen LogP contribution in [-0.2, 0) is 22.6 Å². The van der Waals surface area contributed by atoms with Crippen LogP contribution in [0, 0.1) is 6.92 Å². The molecule has 0 fully saturated rings. The SMILES string of the molecule is CCC(C(=O)NC)N(Cc1ccccc1C)C(=O)CCc1ccc(OC)c(OC)c1. The summed E-state index contributed by atoms with van der Waals surface area (Å²) in [5.41, 5.74) is 3.12. The zero-order chi connectivity index (χ0) is 22.1. The zero-order valence-electron chi connectivity index (χ0n) is 18.5. The molecule has 6 heteroatoms. The Morgan fingerprint density at radius 1 is 1.07 bits per heavy atom. The number of hydrogen-bond acceptors (Lipinski definition) is 4. The van der Waals surface area contributed by atoms with Gasteiger partial charge >= 0.3 is 0 Å². The number of rotatable bonds is 10. The summed E-state index contributed by atoms with van der Waals surface area (Å²) in [5, 5.41) is 2.69. The second-order valence-corrected chi connectivity index (χ2v) is 7.18. The van der Waals surface area contributed by atoms with Crippen molar-refractivity contribution in [2.75, 3.05) is 21.3 Å². The lowest BCUT2D eigenvalue weighted by Gasteiger charge is -2.31. The molecule has 0 aliphatic rings. The van der Waals surface area contributed by atoms with Gasteiger partial charge in [0.1, 0.15) is 6.04 Å². The summed E-state index contributed by atoms with van der Waals surface area (Å²) in [7, 11) is 4.78. The van der Waals surface area contributed by atoms with E-state index in [1.165, 1.54) is 0 Å². The molecule has 162 valence electrons. The van der Waals surface area contributed by atoms with Gasteiger partial charge in [0.15, 0.2) is 11.5 Å². The number of amides is 2. The number of benzene rings is 2. The van der Waals surface area contributed by atoms with Crippen molar-refractivity contribution in [2.24, 2.45) is 0 Å². The number of ether oxygens (including phenoxy) is 2. The number of nitrogens with one attached hydrogen (secondary N) is 1. The molecular weight excluding hydrogens is 380 g/mol. The number of carbonyl (C=O) groups excluding carboxylic acids is 2. The Balaban J connectivity index is 2.21. The second kappa shape index (κ2) is 11.2. The Morgan fingerprint density at radius 2 is 1.77 bits per heavy atom. The molecule has 0 saturated heterocycles. The van der Waals surface area contributed by atoms with Gasteiger partial charge in [0.05, 0.1) is 14.2 Å². The van der Waals surface area contributed by atoms with Crippen LogP contribution in [0.4, 0.5) is 0 Å². The molecule has 0 saturated carbocycles. The van der Waals surface area contributed by atoms with Gasteiger partial charge in [-0.15, -0.1) is 0 Å². The number of nitrogens with zero attached hydrogens (tertiary/aromatic N) is 1.